The van der Waals surface area contributed by atoms with E-state index in [0.717, 1.165) is 0 Å². The molecule has 0 bridgehead atoms. The molecule has 1 rings (SSSR count). The molecular formula is C13H16F10O6. The lowest BCUT2D eigenvalue weighted by Gasteiger charge is -2.31. The Morgan fingerprint density at radius 2 is 1.24 bits per heavy atom. The predicted molar refractivity (Wildman–Crippen MR) is 69.7 cm³/mol. The van der Waals surface area contributed by atoms with Crippen LogP contribution < -0.4 is 0 Å². The second kappa shape index (κ2) is 9.47. The van der Waals surface area contributed by atoms with Crippen LogP contribution in [-0.2, 0) is 28.4 Å². The molecule has 1 fully saturated rings. The van der Waals surface area contributed by atoms with Gasteiger partial charge in [0.2, 0.25) is 0 Å². The fourth-order valence-corrected chi connectivity index (χ4v) is 1.52. The Bertz CT molecular complexity index is 514. The fourth-order valence-electron chi connectivity index (χ4n) is 1.52. The normalized spacial score (nSPS) is 18.9. The van der Waals surface area contributed by atoms with Crippen LogP contribution in [0.2, 0.25) is 0 Å². The van der Waals surface area contributed by atoms with Gasteiger partial charge in [-0.15, -0.1) is 8.78 Å². The average Bonchev–Trinajstić information content (AvgIpc) is 3.27. The number of alkyl halides is 10. The summed E-state index contributed by atoms with van der Waals surface area (Å²) in [6, 6.07) is 0. The molecule has 0 amide bonds. The van der Waals surface area contributed by atoms with Gasteiger partial charge in [-0.1, -0.05) is 6.92 Å². The molecule has 1 aliphatic heterocycles. The summed E-state index contributed by atoms with van der Waals surface area (Å²) in [6.45, 7) is -3.06. The molecule has 29 heavy (non-hydrogen) atoms. The maximum Gasteiger partial charge on any atom is 0.495 e. The van der Waals surface area contributed by atoms with Gasteiger partial charge in [0.05, 0.1) is 13.2 Å². The highest BCUT2D eigenvalue weighted by molar-refractivity contribution is 4.71. The SMILES string of the molecule is CCCOCC(F)(F)OC(F)(F)C(F)(F)OC(F)(F)OC(F)(F)COCC1CO1. The second-order valence-corrected chi connectivity index (χ2v) is 5.60. The van der Waals surface area contributed by atoms with E-state index in [2.05, 4.69) is 28.4 Å². The van der Waals surface area contributed by atoms with Gasteiger partial charge >= 0.3 is 30.7 Å². The van der Waals surface area contributed by atoms with Gasteiger partial charge in [-0.3, -0.25) is 0 Å². The summed E-state index contributed by atoms with van der Waals surface area (Å²) in [5.41, 5.74) is 0. The Kier molecular flexibility index (Phi) is 8.52. The van der Waals surface area contributed by atoms with Gasteiger partial charge in [0.1, 0.15) is 19.3 Å². The number of epoxide rings is 1. The summed E-state index contributed by atoms with van der Waals surface area (Å²) in [7, 11) is 0. The number of rotatable bonds is 15. The van der Waals surface area contributed by atoms with Gasteiger partial charge in [-0.2, -0.15) is 35.1 Å². The van der Waals surface area contributed by atoms with Gasteiger partial charge in [0, 0.05) is 6.61 Å². The highest BCUT2D eigenvalue weighted by atomic mass is 19.3. The molecule has 16 heteroatoms. The first-order valence-corrected chi connectivity index (χ1v) is 7.77. The van der Waals surface area contributed by atoms with Gasteiger partial charge in [-0.05, 0) is 6.42 Å². The van der Waals surface area contributed by atoms with Crippen LogP contribution in [0.5, 0.6) is 0 Å². The fraction of sp³-hybridized carbons (Fsp3) is 1.00. The van der Waals surface area contributed by atoms with Gasteiger partial charge in [-0.25, -0.2) is 14.2 Å². The van der Waals surface area contributed by atoms with Crippen LogP contribution >= 0.6 is 0 Å². The number of ether oxygens (including phenoxy) is 6. The first-order chi connectivity index (χ1) is 13.0. The Morgan fingerprint density at radius 3 is 1.76 bits per heavy atom. The molecule has 0 spiro atoms. The molecule has 174 valence electrons. The molecule has 0 aromatic rings. The van der Waals surface area contributed by atoms with E-state index in [1.807, 2.05) is 0 Å². The largest absolute Gasteiger partial charge is 0.495 e. The Labute approximate surface area is 156 Å². The zero-order chi connectivity index (χ0) is 22.6. The van der Waals surface area contributed by atoms with Crippen molar-refractivity contribution in [3.05, 3.63) is 0 Å². The first kappa shape index (κ1) is 26.1. The first-order valence-electron chi connectivity index (χ1n) is 7.77. The lowest BCUT2D eigenvalue weighted by molar-refractivity contribution is -0.566. The monoisotopic (exact) mass is 458 g/mol. The molecule has 1 atom stereocenters. The summed E-state index contributed by atoms with van der Waals surface area (Å²) in [5, 5.41) is 0. The van der Waals surface area contributed by atoms with E-state index in [1.165, 1.54) is 6.92 Å². The molecule has 1 heterocycles. The third kappa shape index (κ3) is 9.61. The van der Waals surface area contributed by atoms with Crippen LogP contribution in [0.4, 0.5) is 43.9 Å². The molecular weight excluding hydrogens is 442 g/mol. The van der Waals surface area contributed by atoms with E-state index in [4.69, 9.17) is 0 Å². The molecule has 6 nitrogen and oxygen atoms in total. The number of hydrogen-bond acceptors (Lipinski definition) is 6. The topological polar surface area (TPSA) is 58.7 Å². The smallest absolute Gasteiger partial charge is 0.372 e. The van der Waals surface area contributed by atoms with Crippen LogP contribution in [-0.4, -0.2) is 69.9 Å². The van der Waals surface area contributed by atoms with Crippen molar-refractivity contribution < 1.29 is 72.3 Å². The molecule has 1 unspecified atom stereocenters. The molecule has 0 aliphatic carbocycles. The van der Waals surface area contributed by atoms with E-state index in [1.54, 1.807) is 0 Å². The quantitative estimate of drug-likeness (QED) is 0.161. The van der Waals surface area contributed by atoms with Crippen molar-refractivity contribution in [2.24, 2.45) is 0 Å². The minimum absolute atomic E-state index is 0.154. The molecule has 0 radical (unpaired) electrons. The van der Waals surface area contributed by atoms with Crippen molar-refractivity contribution in [2.45, 2.75) is 50.2 Å². The van der Waals surface area contributed by atoms with Crippen LogP contribution in [0.25, 0.3) is 0 Å². The summed E-state index contributed by atoms with van der Waals surface area (Å²) in [4.78, 5) is 0. The summed E-state index contributed by atoms with van der Waals surface area (Å²) in [5.74, 6) is 0. The lowest BCUT2D eigenvalue weighted by atomic mass is 10.5. The van der Waals surface area contributed by atoms with Crippen molar-refractivity contribution in [2.75, 3.05) is 33.0 Å². The highest BCUT2D eigenvalue weighted by Crippen LogP contribution is 2.44. The van der Waals surface area contributed by atoms with Crippen molar-refractivity contribution in [1.82, 2.24) is 0 Å². The van der Waals surface area contributed by atoms with Crippen LogP contribution in [0.15, 0.2) is 0 Å². The second-order valence-electron chi connectivity index (χ2n) is 5.60. The average molecular weight is 458 g/mol. The Hall–Kier alpha value is -0.940. The van der Waals surface area contributed by atoms with E-state index >= 15 is 0 Å². The maximum atomic E-state index is 13.2. The van der Waals surface area contributed by atoms with Gasteiger partial charge < -0.3 is 14.2 Å². The highest BCUT2D eigenvalue weighted by Gasteiger charge is 2.68. The maximum absolute atomic E-state index is 13.2. The molecule has 0 aromatic heterocycles. The summed E-state index contributed by atoms with van der Waals surface area (Å²) < 4.78 is 152. The predicted octanol–water partition coefficient (Wildman–Crippen LogP) is 3.80. The van der Waals surface area contributed by atoms with Crippen molar-refractivity contribution >= 4 is 0 Å². The van der Waals surface area contributed by atoms with E-state index in [0.29, 0.717) is 0 Å². The van der Waals surface area contributed by atoms with Gasteiger partial charge in [0.25, 0.3) is 0 Å². The van der Waals surface area contributed by atoms with Gasteiger partial charge in [0.15, 0.2) is 0 Å². The van der Waals surface area contributed by atoms with E-state index in [-0.39, 0.29) is 19.6 Å². The van der Waals surface area contributed by atoms with Crippen LogP contribution in [0, 0.1) is 0 Å². The van der Waals surface area contributed by atoms with Crippen molar-refractivity contribution in [1.29, 1.82) is 0 Å². The summed E-state index contributed by atoms with van der Waals surface area (Å²) >= 11 is 0. The molecule has 1 saturated heterocycles. The van der Waals surface area contributed by atoms with Crippen LogP contribution in [0.3, 0.4) is 0 Å². The van der Waals surface area contributed by atoms with Crippen molar-refractivity contribution in [3.63, 3.8) is 0 Å². The minimum Gasteiger partial charge on any atom is -0.372 e. The molecule has 1 aliphatic rings. The summed E-state index contributed by atoms with van der Waals surface area (Å²) in [6.07, 6.45) is -29.4. The minimum atomic E-state index is -6.51. The Balaban J connectivity index is 2.67. The third-order valence-electron chi connectivity index (χ3n) is 2.73. The number of halogens is 10. The molecule has 0 aromatic carbocycles. The van der Waals surface area contributed by atoms with E-state index in [9.17, 15) is 43.9 Å². The van der Waals surface area contributed by atoms with E-state index < -0.39 is 56.7 Å². The molecule has 0 N–H and O–H groups in total. The van der Waals surface area contributed by atoms with Crippen LogP contribution in [0.1, 0.15) is 13.3 Å². The van der Waals surface area contributed by atoms with Crippen molar-refractivity contribution in [3.8, 4) is 0 Å². The number of hydrogen-bond donors (Lipinski definition) is 0. The third-order valence-corrected chi connectivity index (χ3v) is 2.73. The zero-order valence-corrected chi connectivity index (χ0v) is 14.5. The standard InChI is InChI=1S/C13H16F10O6/c1-2-3-24-6-9(14,15)27-11(18,19)12(20,21)29-13(22,23)28-10(16,17)7-25-4-8-5-26-8/h8H,2-7H2,1H3. The zero-order valence-electron chi connectivity index (χ0n) is 14.5. The Morgan fingerprint density at radius 1 is 0.759 bits per heavy atom. The molecule has 0 saturated carbocycles. The lowest BCUT2D eigenvalue weighted by Crippen LogP contribution is -2.54.